The molecule has 0 spiro atoms. The number of amidine groups is 1. The second-order valence-electron chi connectivity index (χ2n) is 8.05. The highest BCUT2D eigenvalue weighted by Crippen LogP contribution is 2.25. The quantitative estimate of drug-likeness (QED) is 0.261. The Morgan fingerprint density at radius 3 is 2.41 bits per heavy atom. The Balaban J connectivity index is 1.51. The van der Waals surface area contributed by atoms with Crippen molar-refractivity contribution in [3.8, 4) is 5.75 Å². The molecule has 0 unspecified atom stereocenters. The van der Waals surface area contributed by atoms with Gasteiger partial charge in [0.15, 0.2) is 5.78 Å². The van der Waals surface area contributed by atoms with Gasteiger partial charge in [0, 0.05) is 46.1 Å². The van der Waals surface area contributed by atoms with Gasteiger partial charge < -0.3 is 15.0 Å². The number of anilines is 1. The summed E-state index contributed by atoms with van der Waals surface area (Å²) in [6.07, 6.45) is 3.94. The molecule has 1 fully saturated rings. The largest absolute Gasteiger partial charge is 0.497 e. The number of ketones is 1. The number of methoxy groups -OCH3 is 1. The summed E-state index contributed by atoms with van der Waals surface area (Å²) in [4.78, 5) is 32.3. The van der Waals surface area contributed by atoms with E-state index in [9.17, 15) is 9.59 Å². The average molecular weight is 521 g/mol. The molecule has 0 bridgehead atoms. The predicted octanol–water partition coefficient (Wildman–Crippen LogP) is 4.95. The van der Waals surface area contributed by atoms with Gasteiger partial charge in [-0.1, -0.05) is 12.1 Å². The Labute approximate surface area is 206 Å². The highest BCUT2D eigenvalue weighted by atomic mass is 79.9. The number of amides is 1. The molecule has 1 aromatic heterocycles. The minimum atomic E-state index is -0.333. The van der Waals surface area contributed by atoms with Crippen molar-refractivity contribution >= 4 is 39.1 Å². The van der Waals surface area contributed by atoms with Gasteiger partial charge in [-0.2, -0.15) is 0 Å². The summed E-state index contributed by atoms with van der Waals surface area (Å²) in [6, 6.07) is 15.6. The second kappa shape index (κ2) is 10.6. The number of carbonyl (C=O) groups is 2. The zero-order valence-electron chi connectivity index (χ0n) is 18.8. The number of nitrogens with zero attached hydrogens (tertiary/aromatic N) is 2. The molecular formula is C26H25BrN4O3. The topological polar surface area (TPSA) is 95.4 Å². The van der Waals surface area contributed by atoms with E-state index >= 15 is 0 Å². The average Bonchev–Trinajstić information content (AvgIpc) is 3.40. The van der Waals surface area contributed by atoms with E-state index in [1.807, 2.05) is 11.0 Å². The van der Waals surface area contributed by atoms with Gasteiger partial charge in [0.05, 0.1) is 19.2 Å². The lowest BCUT2D eigenvalue weighted by Gasteiger charge is -2.18. The first-order valence-corrected chi connectivity index (χ1v) is 11.8. The van der Waals surface area contributed by atoms with Gasteiger partial charge >= 0.3 is 0 Å². The van der Waals surface area contributed by atoms with Crippen LogP contribution in [-0.2, 0) is 6.42 Å². The molecule has 8 heteroatoms. The van der Waals surface area contributed by atoms with E-state index < -0.39 is 0 Å². The van der Waals surface area contributed by atoms with Gasteiger partial charge in [-0.25, -0.2) is 0 Å². The monoisotopic (exact) mass is 520 g/mol. The Morgan fingerprint density at radius 1 is 1.06 bits per heavy atom. The van der Waals surface area contributed by atoms with Gasteiger partial charge in [-0.3, -0.25) is 20.0 Å². The van der Waals surface area contributed by atoms with Crippen molar-refractivity contribution in [1.82, 2.24) is 9.88 Å². The van der Waals surface area contributed by atoms with E-state index in [-0.39, 0.29) is 18.1 Å². The molecule has 0 saturated carbocycles. The highest BCUT2D eigenvalue weighted by molar-refractivity contribution is 9.10. The number of aromatic nitrogens is 1. The molecule has 34 heavy (non-hydrogen) atoms. The van der Waals surface area contributed by atoms with E-state index in [1.54, 1.807) is 54.7 Å². The van der Waals surface area contributed by atoms with Crippen molar-refractivity contribution in [3.63, 3.8) is 0 Å². The van der Waals surface area contributed by atoms with Crippen molar-refractivity contribution < 1.29 is 14.3 Å². The van der Waals surface area contributed by atoms with Crippen LogP contribution in [0, 0.1) is 5.41 Å². The summed E-state index contributed by atoms with van der Waals surface area (Å²) in [5.41, 5.74) is 2.61. The maximum Gasteiger partial charge on any atom is 0.255 e. The number of hydrogen-bond acceptors (Lipinski definition) is 5. The third-order valence-corrected chi connectivity index (χ3v) is 6.22. The number of benzene rings is 2. The number of halogens is 1. The normalized spacial score (nSPS) is 12.9. The van der Waals surface area contributed by atoms with Gasteiger partial charge in [0.25, 0.3) is 5.91 Å². The number of Topliss-reactive ketones (excluding diaryl/α,β-unsaturated/α-hetero) is 1. The standard InChI is InChI=1S/C26H25BrN4O3/c1-34-21-10-11-23(22(15-21)24(32)14-20-9-8-19(27)16-29-20)30-26(33)18-6-4-17(5-7-18)25(28)31-12-2-3-13-31/h4-11,15-16,28H,2-3,12-14H2,1H3,(H,30,33). The maximum atomic E-state index is 13.1. The molecule has 0 radical (unpaired) electrons. The van der Waals surface area contributed by atoms with Crippen LogP contribution in [0.3, 0.4) is 0 Å². The Hall–Kier alpha value is -3.52. The lowest BCUT2D eigenvalue weighted by atomic mass is 10.0. The van der Waals surface area contributed by atoms with Crippen LogP contribution < -0.4 is 10.1 Å². The summed E-state index contributed by atoms with van der Waals surface area (Å²) < 4.78 is 6.12. The highest BCUT2D eigenvalue weighted by Gasteiger charge is 2.19. The molecule has 1 aliphatic heterocycles. The van der Waals surface area contributed by atoms with E-state index in [2.05, 4.69) is 26.2 Å². The van der Waals surface area contributed by atoms with Crippen LogP contribution in [0.5, 0.6) is 5.75 Å². The Morgan fingerprint density at radius 2 is 1.76 bits per heavy atom. The predicted molar refractivity (Wildman–Crippen MR) is 135 cm³/mol. The molecule has 2 heterocycles. The van der Waals surface area contributed by atoms with Gasteiger partial charge in [-0.15, -0.1) is 0 Å². The molecule has 1 aliphatic rings. The summed E-state index contributed by atoms with van der Waals surface area (Å²) in [5.74, 6) is 0.489. The first-order chi connectivity index (χ1) is 16.4. The molecule has 0 atom stereocenters. The molecule has 7 nitrogen and oxygen atoms in total. The summed E-state index contributed by atoms with van der Waals surface area (Å²) in [5, 5.41) is 11.2. The lowest BCUT2D eigenvalue weighted by molar-refractivity contribution is 0.0992. The van der Waals surface area contributed by atoms with Crippen LogP contribution in [0.15, 0.2) is 65.3 Å². The number of ether oxygens (including phenoxy) is 1. The lowest BCUT2D eigenvalue weighted by Crippen LogP contribution is -2.27. The van der Waals surface area contributed by atoms with Crippen molar-refractivity contribution in [1.29, 1.82) is 5.41 Å². The molecule has 2 N–H and O–H groups in total. The Bertz CT molecular complexity index is 1200. The van der Waals surface area contributed by atoms with Gasteiger partial charge in [0.1, 0.15) is 11.6 Å². The fourth-order valence-corrected chi connectivity index (χ4v) is 4.09. The third-order valence-electron chi connectivity index (χ3n) is 5.75. The number of pyridine rings is 1. The van der Waals surface area contributed by atoms with E-state index in [4.69, 9.17) is 10.1 Å². The molecule has 3 aromatic rings. The number of hydrogen-bond donors (Lipinski definition) is 2. The molecular weight excluding hydrogens is 496 g/mol. The number of nitrogens with one attached hydrogen (secondary N) is 2. The van der Waals surface area contributed by atoms with Crippen LogP contribution in [0.4, 0.5) is 5.69 Å². The number of likely N-dealkylation sites (tertiary alicyclic amines) is 1. The molecule has 0 aliphatic carbocycles. The van der Waals surface area contributed by atoms with Crippen molar-refractivity contribution in [2.45, 2.75) is 19.3 Å². The molecule has 174 valence electrons. The third kappa shape index (κ3) is 5.51. The van der Waals surface area contributed by atoms with Crippen molar-refractivity contribution in [2.75, 3.05) is 25.5 Å². The van der Waals surface area contributed by atoms with E-state index in [0.29, 0.717) is 34.1 Å². The fraction of sp³-hybridized carbons (Fsp3) is 0.231. The Kier molecular flexibility index (Phi) is 7.37. The van der Waals surface area contributed by atoms with Crippen LogP contribution in [-0.4, -0.2) is 47.6 Å². The summed E-state index contributed by atoms with van der Waals surface area (Å²) in [6.45, 7) is 1.79. The molecule has 4 rings (SSSR count). The first kappa shape index (κ1) is 23.6. The number of carbonyl (C=O) groups excluding carboxylic acids is 2. The van der Waals surface area contributed by atoms with E-state index in [1.165, 1.54) is 7.11 Å². The summed E-state index contributed by atoms with van der Waals surface area (Å²) in [7, 11) is 1.53. The van der Waals surface area contributed by atoms with Crippen LogP contribution in [0.25, 0.3) is 0 Å². The number of rotatable bonds is 7. The molecule has 1 saturated heterocycles. The molecule has 1 amide bonds. The minimum absolute atomic E-state index is 0.0939. The second-order valence-corrected chi connectivity index (χ2v) is 8.97. The minimum Gasteiger partial charge on any atom is -0.497 e. The van der Waals surface area contributed by atoms with Crippen molar-refractivity contribution in [2.24, 2.45) is 0 Å². The molecule has 2 aromatic carbocycles. The SMILES string of the molecule is COc1ccc(NC(=O)c2ccc(C(=N)N3CCCC3)cc2)c(C(=O)Cc2ccc(Br)cn2)c1. The van der Waals surface area contributed by atoms with Crippen LogP contribution in [0.2, 0.25) is 0 Å². The summed E-state index contributed by atoms with van der Waals surface area (Å²) >= 11 is 3.34. The van der Waals surface area contributed by atoms with Crippen LogP contribution in [0.1, 0.15) is 44.8 Å². The zero-order valence-corrected chi connectivity index (χ0v) is 20.4. The van der Waals surface area contributed by atoms with E-state index in [0.717, 1.165) is 36.0 Å². The van der Waals surface area contributed by atoms with Gasteiger partial charge in [0.2, 0.25) is 0 Å². The van der Waals surface area contributed by atoms with Crippen LogP contribution >= 0.6 is 15.9 Å². The smallest absolute Gasteiger partial charge is 0.255 e. The maximum absolute atomic E-state index is 13.1. The van der Waals surface area contributed by atoms with Gasteiger partial charge in [-0.05, 0) is 71.2 Å². The zero-order chi connectivity index (χ0) is 24.1. The first-order valence-electron chi connectivity index (χ1n) is 11.0. The van der Waals surface area contributed by atoms with Crippen molar-refractivity contribution in [3.05, 3.63) is 87.7 Å². The fourth-order valence-electron chi connectivity index (χ4n) is 3.86.